The van der Waals surface area contributed by atoms with Crippen molar-refractivity contribution in [1.29, 1.82) is 0 Å². The van der Waals surface area contributed by atoms with Crippen LogP contribution in [0.3, 0.4) is 0 Å². The van der Waals surface area contributed by atoms with Gasteiger partial charge >= 0.3 is 0 Å². The van der Waals surface area contributed by atoms with E-state index in [-0.39, 0.29) is 6.10 Å². The predicted octanol–water partition coefficient (Wildman–Crippen LogP) is 1.39. The summed E-state index contributed by atoms with van der Waals surface area (Å²) >= 11 is 5.41. The fourth-order valence-electron chi connectivity index (χ4n) is 2.57. The van der Waals surface area contributed by atoms with Crippen LogP contribution in [0, 0.1) is 0 Å². The summed E-state index contributed by atoms with van der Waals surface area (Å²) in [6.45, 7) is 3.79. The number of hydrogen-bond donors (Lipinski definition) is 1. The third kappa shape index (κ3) is 4.11. The summed E-state index contributed by atoms with van der Waals surface area (Å²) < 4.78 is 10.5. The first-order chi connectivity index (χ1) is 11.3. The highest BCUT2D eigenvalue weighted by atomic mass is 32.1. The molecule has 1 aromatic carbocycles. The molecule has 0 radical (unpaired) electrons. The minimum Gasteiger partial charge on any atom is -0.497 e. The third-order valence-electron chi connectivity index (χ3n) is 3.94. The molecule has 23 heavy (non-hydrogen) atoms. The molecule has 1 atom stereocenters. The molecule has 2 aliphatic rings. The van der Waals surface area contributed by atoms with Crippen LogP contribution in [0.15, 0.2) is 29.4 Å². The van der Waals surface area contributed by atoms with Crippen molar-refractivity contribution in [2.45, 2.75) is 12.5 Å². The van der Waals surface area contributed by atoms with E-state index in [1.807, 2.05) is 24.3 Å². The van der Waals surface area contributed by atoms with Crippen LogP contribution in [-0.2, 0) is 9.57 Å². The minimum atomic E-state index is 0.00564. The number of rotatable bonds is 4. The zero-order chi connectivity index (χ0) is 16.1. The molecule has 0 amide bonds. The van der Waals surface area contributed by atoms with E-state index in [0.717, 1.165) is 54.9 Å². The van der Waals surface area contributed by atoms with Crippen molar-refractivity contribution in [2.24, 2.45) is 5.16 Å². The summed E-state index contributed by atoms with van der Waals surface area (Å²) in [5, 5.41) is 8.22. The highest BCUT2D eigenvalue weighted by molar-refractivity contribution is 7.80. The molecule has 0 unspecified atom stereocenters. The van der Waals surface area contributed by atoms with E-state index in [2.05, 4.69) is 15.4 Å². The summed E-state index contributed by atoms with van der Waals surface area (Å²) in [5.74, 6) is 0.836. The number of benzene rings is 1. The van der Waals surface area contributed by atoms with Gasteiger partial charge in [0.2, 0.25) is 0 Å². The molecule has 1 aromatic rings. The zero-order valence-corrected chi connectivity index (χ0v) is 14.0. The van der Waals surface area contributed by atoms with Gasteiger partial charge in [0, 0.05) is 19.5 Å². The molecular weight excluding hydrogens is 314 g/mol. The van der Waals surface area contributed by atoms with E-state index in [4.69, 9.17) is 26.5 Å². The van der Waals surface area contributed by atoms with Crippen molar-refractivity contribution in [3.05, 3.63) is 29.8 Å². The Bertz CT molecular complexity index is 570. The second kappa shape index (κ2) is 7.61. The van der Waals surface area contributed by atoms with Crippen LogP contribution < -0.4 is 10.1 Å². The average Bonchev–Trinajstić information content (AvgIpc) is 3.09. The summed E-state index contributed by atoms with van der Waals surface area (Å²) in [7, 11) is 1.66. The largest absolute Gasteiger partial charge is 0.497 e. The Morgan fingerprint density at radius 2 is 2.09 bits per heavy atom. The van der Waals surface area contributed by atoms with Crippen LogP contribution in [0.5, 0.6) is 5.75 Å². The van der Waals surface area contributed by atoms with Crippen molar-refractivity contribution in [1.82, 2.24) is 10.2 Å². The molecule has 7 heteroatoms. The van der Waals surface area contributed by atoms with Crippen molar-refractivity contribution in [2.75, 3.05) is 40.0 Å². The standard InChI is InChI=1S/C16H21N3O3S/c1-20-13-4-2-12(3-5-13)15-10-14(22-18-15)11-17-16(23)19-6-8-21-9-7-19/h2-5,14H,6-11H2,1H3,(H,17,23)/t14-/m0/s1. The first-order valence-electron chi connectivity index (χ1n) is 7.74. The van der Waals surface area contributed by atoms with Crippen molar-refractivity contribution >= 4 is 23.0 Å². The molecule has 1 saturated heterocycles. The Hall–Kier alpha value is -1.86. The monoisotopic (exact) mass is 335 g/mol. The number of thiocarbonyl (C=S) groups is 1. The van der Waals surface area contributed by atoms with Gasteiger partial charge in [0.05, 0.1) is 32.6 Å². The van der Waals surface area contributed by atoms with Crippen LogP contribution in [-0.4, -0.2) is 61.8 Å². The predicted molar refractivity (Wildman–Crippen MR) is 92.0 cm³/mol. The topological polar surface area (TPSA) is 55.3 Å². The fourth-order valence-corrected chi connectivity index (χ4v) is 2.84. The zero-order valence-electron chi connectivity index (χ0n) is 13.2. The smallest absolute Gasteiger partial charge is 0.169 e. The van der Waals surface area contributed by atoms with Crippen molar-refractivity contribution in [3.63, 3.8) is 0 Å². The van der Waals surface area contributed by atoms with E-state index in [0.29, 0.717) is 6.54 Å². The second-order valence-electron chi connectivity index (χ2n) is 5.48. The van der Waals surface area contributed by atoms with Crippen LogP contribution in [0.1, 0.15) is 12.0 Å². The fraction of sp³-hybridized carbons (Fsp3) is 0.500. The van der Waals surface area contributed by atoms with Gasteiger partial charge in [-0.05, 0) is 42.0 Å². The number of oxime groups is 1. The van der Waals surface area contributed by atoms with Crippen LogP contribution in [0.25, 0.3) is 0 Å². The summed E-state index contributed by atoms with van der Waals surface area (Å²) in [6.07, 6.45) is 0.775. The molecule has 124 valence electrons. The van der Waals surface area contributed by atoms with E-state index in [1.54, 1.807) is 7.11 Å². The number of ether oxygens (including phenoxy) is 2. The van der Waals surface area contributed by atoms with Gasteiger partial charge in [-0.25, -0.2) is 0 Å². The van der Waals surface area contributed by atoms with Gasteiger partial charge in [-0.3, -0.25) is 0 Å². The number of nitrogens with one attached hydrogen (secondary N) is 1. The Labute approximate surface area is 141 Å². The maximum absolute atomic E-state index is 5.51. The average molecular weight is 335 g/mol. The van der Waals surface area contributed by atoms with Gasteiger partial charge in [0.15, 0.2) is 5.11 Å². The van der Waals surface area contributed by atoms with Crippen LogP contribution in [0.2, 0.25) is 0 Å². The Kier molecular flexibility index (Phi) is 5.30. The number of morpholine rings is 1. The number of nitrogens with zero attached hydrogens (tertiary/aromatic N) is 2. The van der Waals surface area contributed by atoms with Gasteiger partial charge in [-0.2, -0.15) is 0 Å². The summed E-state index contributed by atoms with van der Waals surface area (Å²) in [6, 6.07) is 7.85. The lowest BCUT2D eigenvalue weighted by Crippen LogP contribution is -2.47. The Balaban J connectivity index is 1.46. The highest BCUT2D eigenvalue weighted by Crippen LogP contribution is 2.19. The quantitative estimate of drug-likeness (QED) is 0.840. The molecule has 1 N–H and O–H groups in total. The van der Waals surface area contributed by atoms with Gasteiger partial charge in [0.25, 0.3) is 0 Å². The van der Waals surface area contributed by atoms with Crippen molar-refractivity contribution in [3.8, 4) is 5.75 Å². The lowest BCUT2D eigenvalue weighted by atomic mass is 10.0. The third-order valence-corrected chi connectivity index (χ3v) is 4.34. The van der Waals surface area contributed by atoms with E-state index in [9.17, 15) is 0 Å². The maximum Gasteiger partial charge on any atom is 0.169 e. The number of hydrogen-bond acceptors (Lipinski definition) is 5. The lowest BCUT2D eigenvalue weighted by Gasteiger charge is -2.29. The number of methoxy groups -OCH3 is 1. The summed E-state index contributed by atoms with van der Waals surface area (Å²) in [4.78, 5) is 7.63. The molecule has 3 rings (SSSR count). The van der Waals surface area contributed by atoms with Crippen LogP contribution in [0.4, 0.5) is 0 Å². The molecule has 1 fully saturated rings. The van der Waals surface area contributed by atoms with Crippen molar-refractivity contribution < 1.29 is 14.3 Å². The Morgan fingerprint density at radius 1 is 1.35 bits per heavy atom. The second-order valence-corrected chi connectivity index (χ2v) is 5.87. The van der Waals surface area contributed by atoms with E-state index >= 15 is 0 Å². The molecule has 2 aliphatic heterocycles. The molecule has 0 aliphatic carbocycles. The van der Waals surface area contributed by atoms with E-state index < -0.39 is 0 Å². The van der Waals surface area contributed by atoms with Gasteiger partial charge in [-0.1, -0.05) is 5.16 Å². The molecule has 0 spiro atoms. The maximum atomic E-state index is 5.51. The Morgan fingerprint density at radius 3 is 2.78 bits per heavy atom. The van der Waals surface area contributed by atoms with Gasteiger partial charge in [0.1, 0.15) is 11.9 Å². The first-order valence-corrected chi connectivity index (χ1v) is 8.15. The molecule has 2 heterocycles. The first kappa shape index (κ1) is 16.0. The van der Waals surface area contributed by atoms with Gasteiger partial charge in [-0.15, -0.1) is 0 Å². The SMILES string of the molecule is COc1ccc(C2=NO[C@H](CNC(=S)N3CCOCC3)C2)cc1. The highest BCUT2D eigenvalue weighted by Gasteiger charge is 2.23. The molecule has 6 nitrogen and oxygen atoms in total. The van der Waals surface area contributed by atoms with Gasteiger partial charge < -0.3 is 24.5 Å². The molecule has 0 saturated carbocycles. The lowest BCUT2D eigenvalue weighted by molar-refractivity contribution is 0.0655. The molecule has 0 bridgehead atoms. The minimum absolute atomic E-state index is 0.00564. The van der Waals surface area contributed by atoms with E-state index in [1.165, 1.54) is 0 Å². The normalized spacial score (nSPS) is 20.7. The summed E-state index contributed by atoms with van der Waals surface area (Å²) in [5.41, 5.74) is 2.01. The van der Waals surface area contributed by atoms with Crippen LogP contribution >= 0.6 is 12.2 Å². The molecule has 0 aromatic heterocycles. The molecular formula is C16H21N3O3S.